The van der Waals surface area contributed by atoms with Gasteiger partial charge in [0.05, 0.1) is 43.4 Å². The number of nitrogens with one attached hydrogen (secondary N) is 2. The number of nitrogens with zero attached hydrogens (tertiary/aromatic N) is 2. The molecule has 0 bridgehead atoms. The normalized spacial score (nSPS) is 10.6. The molecular formula is C23H22N4O4S. The maximum Gasteiger partial charge on any atom is 0.273 e. The molecule has 32 heavy (non-hydrogen) atoms. The number of hydrogen-bond donors (Lipinski definition) is 2. The van der Waals surface area contributed by atoms with Crippen molar-refractivity contribution in [1.29, 1.82) is 0 Å². The second-order valence-electron chi connectivity index (χ2n) is 6.83. The molecule has 0 aliphatic heterocycles. The number of amides is 1. The molecule has 9 heteroatoms. The highest BCUT2D eigenvalue weighted by atomic mass is 32.1. The summed E-state index contributed by atoms with van der Waals surface area (Å²) in [6.45, 7) is 1.95. The van der Waals surface area contributed by atoms with Gasteiger partial charge in [0.25, 0.3) is 5.91 Å². The summed E-state index contributed by atoms with van der Waals surface area (Å²) in [4.78, 5) is 17.4. The van der Waals surface area contributed by atoms with Crippen LogP contribution in [0.1, 0.15) is 15.5 Å². The first-order valence-electron chi connectivity index (χ1n) is 9.72. The van der Waals surface area contributed by atoms with E-state index in [0.717, 1.165) is 16.3 Å². The Hall–Kier alpha value is -3.85. The number of aryl methyl sites for hydroxylation is 1. The number of anilines is 1. The summed E-state index contributed by atoms with van der Waals surface area (Å²) in [5.41, 5.74) is 3.96. The Morgan fingerprint density at radius 3 is 2.34 bits per heavy atom. The minimum Gasteiger partial charge on any atom is -0.493 e. The molecule has 8 nitrogen and oxygen atoms in total. The number of methoxy groups -OCH3 is 3. The predicted molar refractivity (Wildman–Crippen MR) is 124 cm³/mol. The third-order valence-electron chi connectivity index (χ3n) is 4.85. The fourth-order valence-corrected chi connectivity index (χ4v) is 3.92. The van der Waals surface area contributed by atoms with Gasteiger partial charge in [-0.05, 0) is 31.2 Å². The van der Waals surface area contributed by atoms with Crippen molar-refractivity contribution < 1.29 is 19.0 Å². The molecule has 0 spiro atoms. The zero-order valence-corrected chi connectivity index (χ0v) is 18.9. The van der Waals surface area contributed by atoms with E-state index in [0.29, 0.717) is 39.9 Å². The molecule has 0 fully saturated rings. The second kappa shape index (κ2) is 9.11. The highest BCUT2D eigenvalue weighted by Crippen LogP contribution is 2.41. The smallest absolute Gasteiger partial charge is 0.273 e. The van der Waals surface area contributed by atoms with Crippen LogP contribution in [-0.4, -0.2) is 42.4 Å². The number of hydrogen-bond acceptors (Lipinski definition) is 7. The Morgan fingerprint density at radius 1 is 1.00 bits per heavy atom. The Bertz CT molecular complexity index is 1240. The first kappa shape index (κ1) is 21.4. The zero-order valence-electron chi connectivity index (χ0n) is 18.1. The molecule has 0 unspecified atom stereocenters. The Balaban J connectivity index is 1.61. The number of thiazole rings is 1. The van der Waals surface area contributed by atoms with Gasteiger partial charge in [-0.25, -0.2) is 4.98 Å². The van der Waals surface area contributed by atoms with Crippen LogP contribution >= 0.6 is 11.3 Å². The lowest BCUT2D eigenvalue weighted by Gasteiger charge is -2.13. The molecule has 0 radical (unpaired) electrons. The van der Waals surface area contributed by atoms with Gasteiger partial charge in [-0.3, -0.25) is 9.89 Å². The summed E-state index contributed by atoms with van der Waals surface area (Å²) >= 11 is 1.56. The molecular weight excluding hydrogens is 428 g/mol. The summed E-state index contributed by atoms with van der Waals surface area (Å²) in [7, 11) is 4.64. The molecule has 4 aromatic rings. The second-order valence-corrected chi connectivity index (χ2v) is 7.89. The van der Waals surface area contributed by atoms with Gasteiger partial charge in [-0.15, -0.1) is 11.3 Å². The SMILES string of the molecule is COc1cc(-c2cc(C(=O)Nc3ccccc3-c3csc(C)n3)[nH]n2)cc(OC)c1OC. The monoisotopic (exact) mass is 450 g/mol. The van der Waals surface area contributed by atoms with Gasteiger partial charge in [-0.1, -0.05) is 18.2 Å². The van der Waals surface area contributed by atoms with E-state index in [9.17, 15) is 4.79 Å². The number of rotatable bonds is 7. The van der Waals surface area contributed by atoms with Crippen molar-refractivity contribution in [3.05, 3.63) is 58.5 Å². The largest absolute Gasteiger partial charge is 0.493 e. The van der Waals surface area contributed by atoms with Gasteiger partial charge < -0.3 is 19.5 Å². The molecule has 0 saturated heterocycles. The minimum absolute atomic E-state index is 0.310. The van der Waals surface area contributed by atoms with Crippen molar-refractivity contribution in [2.45, 2.75) is 6.92 Å². The van der Waals surface area contributed by atoms with Crippen LogP contribution in [-0.2, 0) is 0 Å². The Morgan fingerprint density at radius 2 is 1.72 bits per heavy atom. The summed E-state index contributed by atoms with van der Waals surface area (Å²) in [6.07, 6.45) is 0. The van der Waals surface area contributed by atoms with Crippen LogP contribution in [0.5, 0.6) is 17.2 Å². The van der Waals surface area contributed by atoms with Crippen LogP contribution in [0.3, 0.4) is 0 Å². The first-order chi connectivity index (χ1) is 15.5. The third-order valence-corrected chi connectivity index (χ3v) is 5.63. The molecule has 1 amide bonds. The van der Waals surface area contributed by atoms with Gasteiger partial charge in [0, 0.05) is 16.5 Å². The maximum absolute atomic E-state index is 12.9. The van der Waals surface area contributed by atoms with Gasteiger partial charge in [0.1, 0.15) is 5.69 Å². The average Bonchev–Trinajstić information content (AvgIpc) is 3.48. The topological polar surface area (TPSA) is 98.4 Å². The average molecular weight is 451 g/mol. The molecule has 2 heterocycles. The maximum atomic E-state index is 12.9. The standard InChI is InChI=1S/C23H22N4O4S/c1-13-24-19(12-32-13)15-7-5-6-8-16(15)25-23(28)18-11-17(26-27-18)14-9-20(29-2)22(31-4)21(10-14)30-3/h5-12H,1-4H3,(H,25,28)(H,26,27). The lowest BCUT2D eigenvalue weighted by atomic mass is 10.1. The fourth-order valence-electron chi connectivity index (χ4n) is 3.31. The molecule has 4 rings (SSSR count). The van der Waals surface area contributed by atoms with Gasteiger partial charge in [-0.2, -0.15) is 5.10 Å². The van der Waals surface area contributed by atoms with E-state index in [-0.39, 0.29) is 5.91 Å². The van der Waals surface area contributed by atoms with Crippen LogP contribution in [0.25, 0.3) is 22.5 Å². The lowest BCUT2D eigenvalue weighted by molar-refractivity contribution is 0.102. The van der Waals surface area contributed by atoms with E-state index in [4.69, 9.17) is 14.2 Å². The van der Waals surface area contributed by atoms with Crippen LogP contribution in [0.2, 0.25) is 0 Å². The van der Waals surface area contributed by atoms with Crippen molar-refractivity contribution in [2.24, 2.45) is 0 Å². The molecule has 2 N–H and O–H groups in total. The summed E-state index contributed by atoms with van der Waals surface area (Å²) < 4.78 is 16.2. The number of para-hydroxylation sites is 1. The Labute approximate surface area is 189 Å². The Kier molecular flexibility index (Phi) is 6.09. The number of aromatic amines is 1. The quantitative estimate of drug-likeness (QED) is 0.420. The van der Waals surface area contributed by atoms with Crippen LogP contribution in [0.4, 0.5) is 5.69 Å². The van der Waals surface area contributed by atoms with Crippen LogP contribution in [0.15, 0.2) is 47.8 Å². The molecule has 0 aliphatic rings. The molecule has 0 saturated carbocycles. The van der Waals surface area contributed by atoms with Crippen molar-refractivity contribution >= 4 is 22.9 Å². The fraction of sp³-hybridized carbons (Fsp3) is 0.174. The van der Waals surface area contributed by atoms with Crippen LogP contribution in [0, 0.1) is 6.92 Å². The predicted octanol–water partition coefficient (Wildman–Crippen LogP) is 4.79. The highest BCUT2D eigenvalue weighted by Gasteiger charge is 2.18. The van der Waals surface area contributed by atoms with Crippen molar-refractivity contribution in [2.75, 3.05) is 26.6 Å². The van der Waals surface area contributed by atoms with E-state index in [1.165, 1.54) is 0 Å². The number of benzene rings is 2. The summed E-state index contributed by atoms with van der Waals surface area (Å²) in [5, 5.41) is 13.0. The van der Waals surface area contributed by atoms with Crippen molar-refractivity contribution in [3.63, 3.8) is 0 Å². The lowest BCUT2D eigenvalue weighted by Crippen LogP contribution is -2.13. The number of carbonyl (C=O) groups excluding carboxylic acids is 1. The minimum atomic E-state index is -0.310. The summed E-state index contributed by atoms with van der Waals surface area (Å²) in [5.74, 6) is 1.18. The molecule has 0 aliphatic carbocycles. The molecule has 2 aromatic heterocycles. The highest BCUT2D eigenvalue weighted by molar-refractivity contribution is 7.09. The number of H-pyrrole nitrogens is 1. The number of ether oxygens (including phenoxy) is 3. The first-order valence-corrected chi connectivity index (χ1v) is 10.6. The van der Waals surface area contributed by atoms with Gasteiger partial charge in [0.15, 0.2) is 11.5 Å². The van der Waals surface area contributed by atoms with E-state index < -0.39 is 0 Å². The van der Waals surface area contributed by atoms with Gasteiger partial charge in [0.2, 0.25) is 5.75 Å². The van der Waals surface area contributed by atoms with E-state index >= 15 is 0 Å². The van der Waals surface area contributed by atoms with E-state index in [1.54, 1.807) is 50.9 Å². The molecule has 2 aromatic carbocycles. The molecule has 164 valence electrons. The zero-order chi connectivity index (χ0) is 22.7. The molecule has 0 atom stereocenters. The van der Waals surface area contributed by atoms with Gasteiger partial charge >= 0.3 is 0 Å². The number of carbonyl (C=O) groups is 1. The van der Waals surface area contributed by atoms with Crippen LogP contribution < -0.4 is 19.5 Å². The van der Waals surface area contributed by atoms with E-state index in [1.807, 2.05) is 36.6 Å². The summed E-state index contributed by atoms with van der Waals surface area (Å²) in [6, 6.07) is 12.8. The van der Waals surface area contributed by atoms with Crippen molar-refractivity contribution in [1.82, 2.24) is 15.2 Å². The van der Waals surface area contributed by atoms with Crippen molar-refractivity contribution in [3.8, 4) is 39.8 Å². The third kappa shape index (κ3) is 4.15. The number of aromatic nitrogens is 3. The van der Waals surface area contributed by atoms with E-state index in [2.05, 4.69) is 20.5 Å².